The van der Waals surface area contributed by atoms with Crippen LogP contribution in [0, 0.1) is 17.8 Å². The molecule has 2 aliphatic rings. The topological polar surface area (TPSA) is 29.5 Å². The molecule has 2 aliphatic carbocycles. The van der Waals surface area contributed by atoms with E-state index in [9.17, 15) is 4.79 Å². The van der Waals surface area contributed by atoms with Gasteiger partial charge in [-0.25, -0.2) is 0 Å². The third-order valence-corrected chi connectivity index (χ3v) is 4.94. The van der Waals surface area contributed by atoms with Gasteiger partial charge in [0.25, 0.3) is 0 Å². The minimum Gasteiger partial charge on any atom is -0.383 e. The van der Waals surface area contributed by atoms with E-state index < -0.39 is 0 Å². The molecule has 2 saturated carbocycles. The van der Waals surface area contributed by atoms with Gasteiger partial charge in [0.15, 0.2) is 0 Å². The van der Waals surface area contributed by atoms with E-state index in [1.54, 1.807) is 7.11 Å². The molecule has 0 aromatic carbocycles. The van der Waals surface area contributed by atoms with Crippen LogP contribution in [-0.4, -0.2) is 43.5 Å². The Balaban J connectivity index is 1.91. The van der Waals surface area contributed by atoms with Crippen LogP contribution in [-0.2, 0) is 9.53 Å². The van der Waals surface area contributed by atoms with Crippen LogP contribution < -0.4 is 0 Å². The molecule has 0 aromatic rings. The maximum Gasteiger partial charge on any atom is 0.137 e. The Morgan fingerprint density at radius 1 is 1.37 bits per heavy atom. The lowest BCUT2D eigenvalue weighted by atomic mass is 9.81. The third-order valence-electron chi connectivity index (χ3n) is 4.94. The van der Waals surface area contributed by atoms with Crippen molar-refractivity contribution in [3.63, 3.8) is 0 Å². The molecule has 3 atom stereocenters. The Morgan fingerprint density at radius 2 is 2.11 bits per heavy atom. The predicted octanol–water partition coefficient (Wildman–Crippen LogP) is 2.74. The Kier molecular flexibility index (Phi) is 5.40. The minimum absolute atomic E-state index is 0.266. The van der Waals surface area contributed by atoms with Crippen molar-refractivity contribution in [3.05, 3.63) is 0 Å². The largest absolute Gasteiger partial charge is 0.383 e. The molecular weight excluding hydrogens is 238 g/mol. The van der Waals surface area contributed by atoms with E-state index in [1.807, 2.05) is 0 Å². The van der Waals surface area contributed by atoms with Crippen LogP contribution in [0.15, 0.2) is 0 Å². The number of carbonyl (C=O) groups excluding carboxylic acids is 1. The summed E-state index contributed by atoms with van der Waals surface area (Å²) in [5.74, 6) is 2.32. The van der Waals surface area contributed by atoms with Gasteiger partial charge in [0.1, 0.15) is 5.78 Å². The Bertz CT molecular complexity index is 301. The highest BCUT2D eigenvalue weighted by molar-refractivity contribution is 5.81. The van der Waals surface area contributed by atoms with Crippen molar-refractivity contribution in [1.82, 2.24) is 4.90 Å². The molecule has 0 bridgehead atoms. The quantitative estimate of drug-likeness (QED) is 0.710. The first kappa shape index (κ1) is 15.0. The van der Waals surface area contributed by atoms with Crippen molar-refractivity contribution in [3.8, 4) is 0 Å². The zero-order chi connectivity index (χ0) is 13.8. The number of hydrogen-bond acceptors (Lipinski definition) is 3. The molecule has 0 amide bonds. The highest BCUT2D eigenvalue weighted by atomic mass is 16.5. The molecule has 0 heterocycles. The lowest BCUT2D eigenvalue weighted by molar-refractivity contribution is -0.126. The van der Waals surface area contributed by atoms with Gasteiger partial charge in [-0.2, -0.15) is 0 Å². The third kappa shape index (κ3) is 4.28. The summed E-state index contributed by atoms with van der Waals surface area (Å²) in [5, 5.41) is 0. The average molecular weight is 267 g/mol. The highest BCUT2D eigenvalue weighted by Crippen LogP contribution is 2.36. The van der Waals surface area contributed by atoms with Crippen LogP contribution in [0.1, 0.15) is 46.0 Å². The minimum atomic E-state index is 0.266. The molecule has 3 heteroatoms. The summed E-state index contributed by atoms with van der Waals surface area (Å²) in [7, 11) is 1.76. The number of rotatable bonds is 7. The second-order valence-electron chi connectivity index (χ2n) is 6.61. The monoisotopic (exact) mass is 267 g/mol. The van der Waals surface area contributed by atoms with E-state index in [-0.39, 0.29) is 5.92 Å². The van der Waals surface area contributed by atoms with E-state index in [0.29, 0.717) is 17.7 Å². The van der Waals surface area contributed by atoms with Crippen LogP contribution in [0.2, 0.25) is 0 Å². The molecule has 2 fully saturated rings. The standard InChI is InChI=1S/C16H29NO2/c1-12-4-7-16(18)15(10-12)11-17(8-9-19-3)13(2)14-5-6-14/h12-15H,4-11H2,1-3H3. The molecule has 0 radical (unpaired) electrons. The summed E-state index contributed by atoms with van der Waals surface area (Å²) in [5.41, 5.74) is 0. The van der Waals surface area contributed by atoms with Gasteiger partial charge in [0, 0.05) is 38.6 Å². The number of methoxy groups -OCH3 is 1. The molecule has 3 unspecified atom stereocenters. The fraction of sp³-hybridized carbons (Fsp3) is 0.938. The first-order chi connectivity index (χ1) is 9.11. The van der Waals surface area contributed by atoms with E-state index in [1.165, 1.54) is 12.8 Å². The summed E-state index contributed by atoms with van der Waals surface area (Å²) in [6.07, 6.45) is 5.69. The predicted molar refractivity (Wildman–Crippen MR) is 77.1 cm³/mol. The second-order valence-corrected chi connectivity index (χ2v) is 6.61. The SMILES string of the molecule is COCCN(CC1CC(C)CCC1=O)C(C)C1CC1. The number of ketones is 1. The second kappa shape index (κ2) is 6.85. The van der Waals surface area contributed by atoms with E-state index in [2.05, 4.69) is 18.7 Å². The fourth-order valence-electron chi connectivity index (χ4n) is 3.33. The van der Waals surface area contributed by atoms with Crippen LogP contribution in [0.5, 0.6) is 0 Å². The molecule has 2 rings (SSSR count). The van der Waals surface area contributed by atoms with Crippen LogP contribution in [0.3, 0.4) is 0 Å². The summed E-state index contributed by atoms with van der Waals surface area (Å²) in [6, 6.07) is 0.611. The van der Waals surface area contributed by atoms with E-state index in [0.717, 1.165) is 44.9 Å². The zero-order valence-electron chi connectivity index (χ0n) is 12.7. The number of nitrogens with zero attached hydrogens (tertiary/aromatic N) is 1. The maximum absolute atomic E-state index is 12.1. The number of ether oxygens (including phenoxy) is 1. The molecule has 0 aromatic heterocycles. The summed E-state index contributed by atoms with van der Waals surface area (Å²) in [4.78, 5) is 14.6. The van der Waals surface area contributed by atoms with Crippen LogP contribution in [0.25, 0.3) is 0 Å². The lowest BCUT2D eigenvalue weighted by Gasteiger charge is -2.34. The molecule has 0 aliphatic heterocycles. The van der Waals surface area contributed by atoms with Crippen molar-refractivity contribution < 1.29 is 9.53 Å². The molecular formula is C16H29NO2. The molecule has 110 valence electrons. The number of Topliss-reactive ketones (excluding diaryl/α,β-unsaturated/α-hetero) is 1. The Hall–Kier alpha value is -0.410. The average Bonchev–Trinajstić information content (AvgIpc) is 3.22. The molecule has 0 saturated heterocycles. The Morgan fingerprint density at radius 3 is 2.74 bits per heavy atom. The van der Waals surface area contributed by atoms with Crippen molar-refractivity contribution in [2.24, 2.45) is 17.8 Å². The van der Waals surface area contributed by atoms with Gasteiger partial charge in [-0.1, -0.05) is 6.92 Å². The first-order valence-corrected chi connectivity index (χ1v) is 7.87. The summed E-state index contributed by atoms with van der Waals surface area (Å²) < 4.78 is 5.23. The van der Waals surface area contributed by atoms with Crippen LogP contribution >= 0.6 is 0 Å². The van der Waals surface area contributed by atoms with Crippen molar-refractivity contribution in [1.29, 1.82) is 0 Å². The van der Waals surface area contributed by atoms with E-state index in [4.69, 9.17) is 4.74 Å². The molecule has 0 N–H and O–H groups in total. The van der Waals surface area contributed by atoms with Gasteiger partial charge in [-0.05, 0) is 44.4 Å². The van der Waals surface area contributed by atoms with E-state index >= 15 is 0 Å². The Labute approximate surface area is 117 Å². The zero-order valence-corrected chi connectivity index (χ0v) is 12.7. The van der Waals surface area contributed by atoms with Crippen LogP contribution in [0.4, 0.5) is 0 Å². The summed E-state index contributed by atoms with van der Waals surface area (Å²) >= 11 is 0. The van der Waals surface area contributed by atoms with Gasteiger partial charge in [0.05, 0.1) is 6.61 Å². The highest BCUT2D eigenvalue weighted by Gasteiger charge is 2.35. The number of carbonyl (C=O) groups is 1. The van der Waals surface area contributed by atoms with Crippen molar-refractivity contribution >= 4 is 5.78 Å². The first-order valence-electron chi connectivity index (χ1n) is 7.87. The fourth-order valence-corrected chi connectivity index (χ4v) is 3.33. The maximum atomic E-state index is 12.1. The van der Waals surface area contributed by atoms with Crippen molar-refractivity contribution in [2.45, 2.75) is 52.0 Å². The lowest BCUT2D eigenvalue weighted by Crippen LogP contribution is -2.43. The van der Waals surface area contributed by atoms with Gasteiger partial charge < -0.3 is 4.74 Å². The van der Waals surface area contributed by atoms with Crippen molar-refractivity contribution in [2.75, 3.05) is 26.8 Å². The number of hydrogen-bond donors (Lipinski definition) is 0. The molecule has 19 heavy (non-hydrogen) atoms. The van der Waals surface area contributed by atoms with Gasteiger partial charge in [0.2, 0.25) is 0 Å². The summed E-state index contributed by atoms with van der Waals surface area (Å²) in [6.45, 7) is 7.29. The smallest absolute Gasteiger partial charge is 0.137 e. The molecule has 0 spiro atoms. The normalized spacial score (nSPS) is 29.8. The molecule has 3 nitrogen and oxygen atoms in total. The van der Waals surface area contributed by atoms with Gasteiger partial charge in [-0.15, -0.1) is 0 Å². The van der Waals surface area contributed by atoms with Gasteiger partial charge >= 0.3 is 0 Å². The van der Waals surface area contributed by atoms with Gasteiger partial charge in [-0.3, -0.25) is 9.69 Å².